The Balaban J connectivity index is 0.000000266. The number of esters is 1. The molecule has 49 heavy (non-hydrogen) atoms. The van der Waals surface area contributed by atoms with Crippen LogP contribution >= 0.6 is 11.8 Å². The molecule has 0 spiro atoms. The highest BCUT2D eigenvalue weighted by molar-refractivity contribution is 8.15. The van der Waals surface area contributed by atoms with Gasteiger partial charge < -0.3 is 24.8 Å². The third kappa shape index (κ3) is 13.8. The Hall–Kier alpha value is -3.97. The number of rotatable bonds is 17. The average Bonchev–Trinajstić information content (AvgIpc) is 3.80. The molecule has 2 aliphatic rings. The summed E-state index contributed by atoms with van der Waals surface area (Å²) in [6.07, 6.45) is 3.89. The minimum atomic E-state index is -0.859. The first-order valence-corrected chi connectivity index (χ1v) is 17.8. The quantitative estimate of drug-likeness (QED) is 0.161. The molecule has 4 amide bonds. The van der Waals surface area contributed by atoms with Crippen LogP contribution in [0.15, 0.2) is 42.6 Å². The van der Waals surface area contributed by atoms with E-state index in [4.69, 9.17) is 14.2 Å². The molecule has 2 aromatic rings. The largest absolute Gasteiger partial charge is 0.493 e. The van der Waals surface area contributed by atoms with Crippen molar-refractivity contribution in [2.24, 2.45) is 11.8 Å². The van der Waals surface area contributed by atoms with E-state index in [0.29, 0.717) is 31.9 Å². The molecular weight excluding hydrogens is 648 g/mol. The van der Waals surface area contributed by atoms with Gasteiger partial charge in [0.15, 0.2) is 12.2 Å². The van der Waals surface area contributed by atoms with Gasteiger partial charge >= 0.3 is 5.97 Å². The predicted octanol–water partition coefficient (Wildman–Crippen LogP) is 4.17. The van der Waals surface area contributed by atoms with E-state index in [1.807, 2.05) is 50.4 Å². The van der Waals surface area contributed by atoms with Crippen molar-refractivity contribution < 1.29 is 38.2 Å². The van der Waals surface area contributed by atoms with Gasteiger partial charge in [0, 0.05) is 24.9 Å². The van der Waals surface area contributed by atoms with Crippen LogP contribution in [0.1, 0.15) is 71.2 Å². The number of hydrogen-bond donors (Lipinski definition) is 3. The molecule has 4 atom stereocenters. The maximum atomic E-state index is 12.3. The van der Waals surface area contributed by atoms with Crippen LogP contribution in [0, 0.1) is 11.8 Å². The van der Waals surface area contributed by atoms with Crippen molar-refractivity contribution in [2.45, 2.75) is 97.1 Å². The Morgan fingerprint density at radius 1 is 0.980 bits per heavy atom. The summed E-state index contributed by atoms with van der Waals surface area (Å²) in [6.45, 7) is 13.3. The number of nitrogens with zero attached hydrogens (tertiary/aromatic N) is 1. The Morgan fingerprint density at radius 3 is 2.27 bits per heavy atom. The van der Waals surface area contributed by atoms with E-state index in [2.05, 4.69) is 47.8 Å². The molecule has 12 nitrogen and oxygen atoms in total. The van der Waals surface area contributed by atoms with Crippen LogP contribution in [0.4, 0.5) is 4.79 Å². The first-order chi connectivity index (χ1) is 23.4. The van der Waals surface area contributed by atoms with Crippen LogP contribution in [0.2, 0.25) is 0 Å². The van der Waals surface area contributed by atoms with Crippen LogP contribution in [0.5, 0.6) is 5.75 Å². The van der Waals surface area contributed by atoms with E-state index in [1.165, 1.54) is 5.56 Å². The number of carbonyl (C=O) groups excluding carboxylic acids is 5. The molecule has 3 heterocycles. The fraction of sp³-hybridized carbons (Fsp3) is 0.556. The Bertz CT molecular complexity index is 1400. The smallest absolute Gasteiger partial charge is 0.338 e. The number of nitrogens with one attached hydrogen (secondary N) is 3. The molecular formula is C36H50N4O8S. The molecule has 4 rings (SSSR count). The summed E-state index contributed by atoms with van der Waals surface area (Å²) < 4.78 is 15.6. The molecule has 2 aliphatic heterocycles. The summed E-state index contributed by atoms with van der Waals surface area (Å²) in [5.41, 5.74) is 3.25. The predicted molar refractivity (Wildman–Crippen MR) is 187 cm³/mol. The first-order valence-electron chi connectivity index (χ1n) is 17.0. The number of ether oxygens (including phenoxy) is 3. The van der Waals surface area contributed by atoms with Gasteiger partial charge in [-0.2, -0.15) is 0 Å². The van der Waals surface area contributed by atoms with Gasteiger partial charge in [-0.15, -0.1) is 0 Å². The van der Waals surface area contributed by atoms with Gasteiger partial charge in [0.25, 0.3) is 11.1 Å². The van der Waals surface area contributed by atoms with E-state index < -0.39 is 30.1 Å². The second kappa shape index (κ2) is 19.9. The van der Waals surface area contributed by atoms with E-state index in [0.717, 1.165) is 48.0 Å². The lowest BCUT2D eigenvalue weighted by molar-refractivity contribution is -0.144. The van der Waals surface area contributed by atoms with Gasteiger partial charge in [-0.1, -0.05) is 64.6 Å². The molecule has 0 bridgehead atoms. The Labute approximate surface area is 293 Å². The molecule has 0 saturated carbocycles. The zero-order valence-electron chi connectivity index (χ0n) is 29.3. The summed E-state index contributed by atoms with van der Waals surface area (Å²) in [7, 11) is 0. The Morgan fingerprint density at radius 2 is 1.69 bits per heavy atom. The zero-order valence-corrected chi connectivity index (χ0v) is 30.1. The fourth-order valence-corrected chi connectivity index (χ4v) is 5.69. The number of benzene rings is 1. The third-order valence-electron chi connectivity index (χ3n) is 7.66. The maximum Gasteiger partial charge on any atom is 0.338 e. The van der Waals surface area contributed by atoms with Crippen molar-refractivity contribution in [3.63, 3.8) is 0 Å². The van der Waals surface area contributed by atoms with Crippen molar-refractivity contribution in [3.8, 4) is 5.75 Å². The summed E-state index contributed by atoms with van der Waals surface area (Å²) in [4.78, 5) is 63.2. The monoisotopic (exact) mass is 698 g/mol. The number of carbonyl (C=O) groups is 5. The van der Waals surface area contributed by atoms with Crippen molar-refractivity contribution in [2.75, 3.05) is 19.8 Å². The van der Waals surface area contributed by atoms with E-state index in [-0.39, 0.29) is 34.8 Å². The van der Waals surface area contributed by atoms with Crippen LogP contribution < -0.4 is 20.7 Å². The normalized spacial score (nSPS) is 18.7. The van der Waals surface area contributed by atoms with Crippen molar-refractivity contribution >= 4 is 40.7 Å². The molecule has 1 unspecified atom stereocenters. The molecule has 1 aromatic carbocycles. The van der Waals surface area contributed by atoms with Gasteiger partial charge in [0.05, 0.1) is 18.5 Å². The summed E-state index contributed by atoms with van der Waals surface area (Å²) in [5, 5.41) is 7.24. The highest BCUT2D eigenvalue weighted by Crippen LogP contribution is 2.25. The third-order valence-corrected chi connectivity index (χ3v) is 8.64. The molecule has 2 saturated heterocycles. The minimum Gasteiger partial charge on any atom is -0.493 e. The molecule has 3 N–H and O–H groups in total. The summed E-state index contributed by atoms with van der Waals surface area (Å²) in [6, 6.07) is 11.2. The van der Waals surface area contributed by atoms with Crippen LogP contribution in [0.25, 0.3) is 0 Å². The summed E-state index contributed by atoms with van der Waals surface area (Å²) >= 11 is 1.05. The number of aromatic nitrogens is 1. The molecule has 0 radical (unpaired) electrons. The molecule has 268 valence electrons. The summed E-state index contributed by atoms with van der Waals surface area (Å²) in [5.74, 6) is 0.120. The minimum absolute atomic E-state index is 0.203. The standard InChI is InChI=1S/C19H20N2O3S.C17H30N2O5/c1-2-13-3-6-15(20-12-13)9-10-24-16-7-4-14(5-8-16)11-17-18(22)21-19(23)25-17;1-6-23-17(22)14-13(24-14)16(21)19-12(9-11(4)5)15(20)18-8-7-10(2)3/h3-8,12,17H,2,9-11H2,1H3,(H,21,22,23);10-14H,6-9H2,1-5H3,(H,18,20)(H,19,21)/t;12-,13-,14-/m.0/s1. The van der Waals surface area contributed by atoms with Gasteiger partial charge in [0.1, 0.15) is 11.8 Å². The molecule has 0 aliphatic carbocycles. The van der Waals surface area contributed by atoms with E-state index >= 15 is 0 Å². The van der Waals surface area contributed by atoms with Crippen molar-refractivity contribution in [1.29, 1.82) is 0 Å². The SMILES string of the molecule is CCOC(=O)[C@H]1O[C@@H]1C(=O)N[C@@H](CC(C)C)C(=O)NCCC(C)C.CCc1ccc(CCOc2ccc(CC3SC(=O)NC3=O)cc2)nc1. The number of thioether (sulfide) groups is 1. The van der Waals surface area contributed by atoms with Gasteiger partial charge in [0.2, 0.25) is 11.8 Å². The van der Waals surface area contributed by atoms with Crippen molar-refractivity contribution in [1.82, 2.24) is 20.9 Å². The average molecular weight is 699 g/mol. The lowest BCUT2D eigenvalue weighted by Crippen LogP contribution is -2.49. The van der Waals surface area contributed by atoms with Crippen LogP contribution in [0.3, 0.4) is 0 Å². The second-order valence-corrected chi connectivity index (χ2v) is 13.9. The lowest BCUT2D eigenvalue weighted by atomic mass is 10.0. The number of aryl methyl sites for hydroxylation is 1. The highest BCUT2D eigenvalue weighted by Gasteiger charge is 2.52. The van der Waals surface area contributed by atoms with Gasteiger partial charge in [-0.25, -0.2) is 4.79 Å². The Kier molecular flexibility index (Phi) is 16.0. The number of amides is 4. The van der Waals surface area contributed by atoms with E-state index in [1.54, 1.807) is 6.92 Å². The fourth-order valence-electron chi connectivity index (χ4n) is 4.83. The number of hydrogen-bond acceptors (Lipinski definition) is 10. The lowest BCUT2D eigenvalue weighted by Gasteiger charge is -2.20. The molecule has 13 heteroatoms. The van der Waals surface area contributed by atoms with Crippen molar-refractivity contribution in [3.05, 3.63) is 59.4 Å². The van der Waals surface area contributed by atoms with Crippen LogP contribution in [-0.4, -0.2) is 77.2 Å². The van der Waals surface area contributed by atoms with Gasteiger partial charge in [-0.3, -0.25) is 29.5 Å². The highest BCUT2D eigenvalue weighted by atomic mass is 32.2. The van der Waals surface area contributed by atoms with Crippen LogP contribution in [-0.2, 0) is 47.9 Å². The second-order valence-electron chi connectivity index (χ2n) is 12.7. The first kappa shape index (κ1) is 39.5. The topological polar surface area (TPSA) is 165 Å². The number of pyridine rings is 1. The number of imide groups is 1. The van der Waals surface area contributed by atoms with E-state index in [9.17, 15) is 24.0 Å². The molecule has 2 fully saturated rings. The zero-order chi connectivity index (χ0) is 35.9. The maximum absolute atomic E-state index is 12.3. The molecule has 1 aromatic heterocycles. The number of epoxide rings is 1. The van der Waals surface area contributed by atoms with Gasteiger partial charge in [-0.05, 0) is 73.8 Å².